The number of carbonyl (C=O) groups is 1. The number of rotatable bonds is 3. The minimum atomic E-state index is -0.347. The topological polar surface area (TPSA) is 78.7 Å². The van der Waals surface area contributed by atoms with Crippen LogP contribution in [0, 0.1) is 11.3 Å². The zero-order valence-corrected chi connectivity index (χ0v) is 10.7. The molecule has 3 rings (SSSR count). The first-order valence-corrected chi connectivity index (χ1v) is 6.32. The quantitative estimate of drug-likeness (QED) is 0.916. The second-order valence-corrected chi connectivity index (χ2v) is 4.86. The van der Waals surface area contributed by atoms with Crippen LogP contribution in [0.1, 0.15) is 34.3 Å². The van der Waals surface area contributed by atoms with Crippen molar-refractivity contribution in [1.82, 2.24) is 15.3 Å². The maximum absolute atomic E-state index is 12.2. The lowest BCUT2D eigenvalue weighted by Gasteiger charge is -2.18. The van der Waals surface area contributed by atoms with Gasteiger partial charge in [-0.05, 0) is 30.5 Å². The smallest absolute Gasteiger partial charge is 0.255 e. The summed E-state index contributed by atoms with van der Waals surface area (Å²) in [4.78, 5) is 19.9. The average Bonchev–Trinajstić information content (AvgIpc) is 3.29. The van der Waals surface area contributed by atoms with Gasteiger partial charge in [-0.15, -0.1) is 0 Å². The van der Waals surface area contributed by atoms with Gasteiger partial charge >= 0.3 is 0 Å². The van der Waals surface area contributed by atoms with Crippen LogP contribution in [0.4, 0.5) is 0 Å². The molecule has 1 amide bonds. The van der Waals surface area contributed by atoms with Crippen molar-refractivity contribution in [1.29, 1.82) is 5.26 Å². The molecule has 20 heavy (non-hydrogen) atoms. The van der Waals surface area contributed by atoms with Gasteiger partial charge in [-0.3, -0.25) is 4.79 Å². The molecular weight excluding hydrogens is 252 g/mol. The van der Waals surface area contributed by atoms with Gasteiger partial charge in [-0.2, -0.15) is 5.26 Å². The van der Waals surface area contributed by atoms with Crippen molar-refractivity contribution in [2.45, 2.75) is 18.4 Å². The maximum atomic E-state index is 12.2. The Morgan fingerprint density at radius 1 is 1.30 bits per heavy atom. The van der Waals surface area contributed by atoms with E-state index in [0.29, 0.717) is 11.1 Å². The summed E-state index contributed by atoms with van der Waals surface area (Å²) in [7, 11) is 0. The second kappa shape index (κ2) is 4.74. The standard InChI is InChI=1S/C15H12N4O/c16-7-11-2-1-3-13(6-11)15(4-5-15)19-14(20)12-8-17-10-18-9-12/h1-3,6,8-10H,4-5H2,(H,19,20). The van der Waals surface area contributed by atoms with E-state index >= 15 is 0 Å². The van der Waals surface area contributed by atoms with E-state index in [4.69, 9.17) is 5.26 Å². The summed E-state index contributed by atoms with van der Waals surface area (Å²) < 4.78 is 0. The fourth-order valence-electron chi connectivity index (χ4n) is 2.20. The molecule has 2 aromatic rings. The van der Waals surface area contributed by atoms with Gasteiger partial charge in [0.2, 0.25) is 0 Å². The molecule has 1 aromatic carbocycles. The highest BCUT2D eigenvalue weighted by Crippen LogP contribution is 2.45. The number of nitriles is 1. The van der Waals surface area contributed by atoms with Gasteiger partial charge in [-0.1, -0.05) is 12.1 Å². The van der Waals surface area contributed by atoms with E-state index in [1.165, 1.54) is 18.7 Å². The van der Waals surface area contributed by atoms with E-state index in [2.05, 4.69) is 21.4 Å². The molecule has 0 radical (unpaired) electrons. The van der Waals surface area contributed by atoms with Crippen LogP contribution in [0.15, 0.2) is 43.0 Å². The maximum Gasteiger partial charge on any atom is 0.255 e. The fraction of sp³-hybridized carbons (Fsp3) is 0.200. The van der Waals surface area contributed by atoms with Crippen LogP contribution in [0.3, 0.4) is 0 Å². The van der Waals surface area contributed by atoms with E-state index < -0.39 is 0 Å². The number of nitrogens with zero attached hydrogens (tertiary/aromatic N) is 3. The summed E-state index contributed by atoms with van der Waals surface area (Å²) in [6.45, 7) is 0. The van der Waals surface area contributed by atoms with Gasteiger partial charge in [0.25, 0.3) is 5.91 Å². The SMILES string of the molecule is N#Cc1cccc(C2(NC(=O)c3cncnc3)CC2)c1. The van der Waals surface area contributed by atoms with Crippen LogP contribution in [0.2, 0.25) is 0 Å². The molecule has 1 aromatic heterocycles. The number of hydrogen-bond acceptors (Lipinski definition) is 4. The van der Waals surface area contributed by atoms with Crippen molar-refractivity contribution in [3.63, 3.8) is 0 Å². The van der Waals surface area contributed by atoms with Crippen molar-refractivity contribution in [3.8, 4) is 6.07 Å². The van der Waals surface area contributed by atoms with E-state index in [9.17, 15) is 4.79 Å². The monoisotopic (exact) mass is 264 g/mol. The van der Waals surface area contributed by atoms with E-state index in [1.54, 1.807) is 6.07 Å². The first-order chi connectivity index (χ1) is 9.73. The Bertz CT molecular complexity index is 687. The van der Waals surface area contributed by atoms with Crippen molar-refractivity contribution >= 4 is 5.91 Å². The third kappa shape index (κ3) is 2.24. The number of benzene rings is 1. The van der Waals surface area contributed by atoms with E-state index in [0.717, 1.165) is 18.4 Å². The lowest BCUT2D eigenvalue weighted by Crippen LogP contribution is -2.35. The summed E-state index contributed by atoms with van der Waals surface area (Å²) >= 11 is 0. The van der Waals surface area contributed by atoms with Gasteiger partial charge in [0, 0.05) is 12.4 Å². The minimum Gasteiger partial charge on any atom is -0.342 e. The molecule has 1 heterocycles. The van der Waals surface area contributed by atoms with Gasteiger partial charge in [0.1, 0.15) is 6.33 Å². The zero-order valence-electron chi connectivity index (χ0n) is 10.7. The highest BCUT2D eigenvalue weighted by Gasteiger charge is 2.45. The van der Waals surface area contributed by atoms with Gasteiger partial charge in [-0.25, -0.2) is 9.97 Å². The predicted octanol–water partition coefficient (Wildman–Crippen LogP) is 1.77. The molecule has 1 aliphatic carbocycles. The molecule has 1 saturated carbocycles. The Balaban J connectivity index is 1.83. The van der Waals surface area contributed by atoms with Crippen LogP contribution >= 0.6 is 0 Å². The number of carbonyl (C=O) groups excluding carboxylic acids is 1. The van der Waals surface area contributed by atoms with Gasteiger partial charge in [0.05, 0.1) is 22.7 Å². The van der Waals surface area contributed by atoms with Crippen molar-refractivity contribution in [3.05, 3.63) is 59.7 Å². The zero-order chi connectivity index (χ0) is 14.0. The van der Waals surface area contributed by atoms with Crippen molar-refractivity contribution < 1.29 is 4.79 Å². The van der Waals surface area contributed by atoms with Gasteiger partial charge in [0.15, 0.2) is 0 Å². The van der Waals surface area contributed by atoms with E-state index in [-0.39, 0.29) is 11.4 Å². The van der Waals surface area contributed by atoms with Gasteiger partial charge < -0.3 is 5.32 Å². The van der Waals surface area contributed by atoms with Crippen LogP contribution in [-0.2, 0) is 5.54 Å². The molecule has 5 heteroatoms. The van der Waals surface area contributed by atoms with Crippen LogP contribution < -0.4 is 5.32 Å². The Kier molecular flexibility index (Phi) is 2.92. The normalized spacial score (nSPS) is 15.2. The summed E-state index contributed by atoms with van der Waals surface area (Å²) in [5.74, 6) is -0.189. The predicted molar refractivity (Wildman–Crippen MR) is 71.6 cm³/mol. The molecule has 1 aliphatic rings. The third-order valence-corrected chi connectivity index (χ3v) is 3.47. The molecule has 98 valence electrons. The van der Waals surface area contributed by atoms with Crippen LogP contribution in [0.5, 0.6) is 0 Å². The number of amides is 1. The molecule has 0 bridgehead atoms. The third-order valence-electron chi connectivity index (χ3n) is 3.47. The molecule has 0 aliphatic heterocycles. The summed E-state index contributed by atoms with van der Waals surface area (Å²) in [6.07, 6.45) is 6.12. The molecule has 1 fully saturated rings. The largest absolute Gasteiger partial charge is 0.342 e. The number of hydrogen-bond donors (Lipinski definition) is 1. The Morgan fingerprint density at radius 3 is 2.70 bits per heavy atom. The lowest BCUT2D eigenvalue weighted by atomic mass is 10.0. The highest BCUT2D eigenvalue weighted by atomic mass is 16.1. The lowest BCUT2D eigenvalue weighted by molar-refractivity contribution is 0.0930. The van der Waals surface area contributed by atoms with Crippen molar-refractivity contribution in [2.24, 2.45) is 0 Å². The first-order valence-electron chi connectivity index (χ1n) is 6.32. The second-order valence-electron chi connectivity index (χ2n) is 4.86. The molecular formula is C15H12N4O. The summed E-state index contributed by atoms with van der Waals surface area (Å²) in [6, 6.07) is 9.48. The molecule has 0 spiro atoms. The molecule has 1 N–H and O–H groups in total. The Labute approximate surface area is 116 Å². The average molecular weight is 264 g/mol. The minimum absolute atomic E-state index is 0.189. The number of nitrogens with one attached hydrogen (secondary N) is 1. The molecule has 0 atom stereocenters. The summed E-state index contributed by atoms with van der Waals surface area (Å²) in [5.41, 5.74) is 1.67. The van der Waals surface area contributed by atoms with Crippen molar-refractivity contribution in [2.75, 3.05) is 0 Å². The molecule has 0 unspecified atom stereocenters. The van der Waals surface area contributed by atoms with E-state index in [1.807, 2.05) is 18.2 Å². The molecule has 5 nitrogen and oxygen atoms in total. The molecule has 0 saturated heterocycles. The summed E-state index contributed by atoms with van der Waals surface area (Å²) in [5, 5.41) is 12.0. The van der Waals surface area contributed by atoms with Crippen LogP contribution in [0.25, 0.3) is 0 Å². The number of aromatic nitrogens is 2. The highest BCUT2D eigenvalue weighted by molar-refractivity contribution is 5.94. The Hall–Kier alpha value is -2.74. The first kappa shape index (κ1) is 12.3. The Morgan fingerprint density at radius 2 is 2.05 bits per heavy atom. The van der Waals surface area contributed by atoms with Crippen LogP contribution in [-0.4, -0.2) is 15.9 Å². The fourth-order valence-corrected chi connectivity index (χ4v) is 2.20.